The highest BCUT2D eigenvalue weighted by molar-refractivity contribution is 5.15. The summed E-state index contributed by atoms with van der Waals surface area (Å²) in [5, 5.41) is 0. The quantitative estimate of drug-likeness (QED) is 0.526. The van der Waals surface area contributed by atoms with Gasteiger partial charge in [-0.1, -0.05) is 12.5 Å². The number of halogens is 2. The molecule has 10 heavy (non-hydrogen) atoms. The lowest BCUT2D eigenvalue weighted by molar-refractivity contribution is 0.0621. The summed E-state index contributed by atoms with van der Waals surface area (Å²) < 4.78 is 25.0. The molecule has 0 amide bonds. The standard InChI is InChI=1S/C8H14F2/c1-5-6(2)7(3)8(4,9)10/h5H2,1-4H3. The summed E-state index contributed by atoms with van der Waals surface area (Å²) in [6.07, 6.45) is 0.704. The molecule has 0 aliphatic carbocycles. The molecule has 0 bridgehead atoms. The first kappa shape index (κ1) is 9.60. The molecular formula is C8H14F2. The summed E-state index contributed by atoms with van der Waals surface area (Å²) in [7, 11) is 0. The lowest BCUT2D eigenvalue weighted by atomic mass is 10.0. The minimum Gasteiger partial charge on any atom is -0.202 e. The van der Waals surface area contributed by atoms with Crippen LogP contribution in [-0.2, 0) is 0 Å². The highest BCUT2D eigenvalue weighted by Crippen LogP contribution is 2.26. The van der Waals surface area contributed by atoms with Crippen LogP contribution < -0.4 is 0 Å². The molecule has 0 N–H and O–H groups in total. The lowest BCUT2D eigenvalue weighted by Gasteiger charge is -2.13. The van der Waals surface area contributed by atoms with E-state index in [1.165, 1.54) is 6.92 Å². The van der Waals surface area contributed by atoms with Gasteiger partial charge < -0.3 is 0 Å². The summed E-state index contributed by atoms with van der Waals surface area (Å²) in [5.74, 6) is -2.64. The first-order valence-corrected chi connectivity index (χ1v) is 3.44. The van der Waals surface area contributed by atoms with E-state index in [-0.39, 0.29) is 5.57 Å². The number of rotatable bonds is 2. The van der Waals surface area contributed by atoms with Crippen molar-refractivity contribution in [2.45, 2.75) is 40.0 Å². The summed E-state index contributed by atoms with van der Waals surface area (Å²) in [5.41, 5.74) is 0.988. The SMILES string of the molecule is CCC(C)=C(C)C(C)(F)F. The Morgan fingerprint density at radius 2 is 1.70 bits per heavy atom. The second kappa shape index (κ2) is 3.13. The van der Waals surface area contributed by atoms with E-state index in [4.69, 9.17) is 0 Å². The molecule has 0 saturated carbocycles. The minimum atomic E-state index is -2.64. The van der Waals surface area contributed by atoms with Crippen LogP contribution in [0.25, 0.3) is 0 Å². The van der Waals surface area contributed by atoms with Gasteiger partial charge in [0.05, 0.1) is 0 Å². The maximum absolute atomic E-state index is 12.5. The van der Waals surface area contributed by atoms with Crippen LogP contribution in [0.4, 0.5) is 8.78 Å². The third-order valence-electron chi connectivity index (χ3n) is 1.83. The van der Waals surface area contributed by atoms with Crippen LogP contribution in [0.15, 0.2) is 11.1 Å². The molecule has 0 spiro atoms. The Morgan fingerprint density at radius 1 is 1.30 bits per heavy atom. The van der Waals surface area contributed by atoms with E-state index in [1.54, 1.807) is 6.92 Å². The second-order valence-electron chi connectivity index (χ2n) is 2.65. The van der Waals surface area contributed by atoms with Gasteiger partial charge >= 0.3 is 0 Å². The van der Waals surface area contributed by atoms with Crippen molar-refractivity contribution in [1.29, 1.82) is 0 Å². The van der Waals surface area contributed by atoms with Gasteiger partial charge in [0.2, 0.25) is 0 Å². The average Bonchev–Trinajstić information content (AvgIpc) is 1.83. The third kappa shape index (κ3) is 2.46. The molecule has 0 heterocycles. The molecule has 0 aliphatic heterocycles. The van der Waals surface area contributed by atoms with Crippen LogP contribution in [-0.4, -0.2) is 5.92 Å². The lowest BCUT2D eigenvalue weighted by Crippen LogP contribution is -2.12. The highest BCUT2D eigenvalue weighted by atomic mass is 19.3. The van der Waals surface area contributed by atoms with Crippen LogP contribution in [0.2, 0.25) is 0 Å². The Hall–Kier alpha value is -0.400. The van der Waals surface area contributed by atoms with Crippen LogP contribution in [0, 0.1) is 0 Å². The number of alkyl halides is 2. The predicted molar refractivity (Wildman–Crippen MR) is 39.3 cm³/mol. The smallest absolute Gasteiger partial charge is 0.202 e. The molecule has 0 saturated heterocycles. The molecule has 0 unspecified atom stereocenters. The zero-order valence-electron chi connectivity index (χ0n) is 6.96. The molecule has 0 aromatic heterocycles. The van der Waals surface area contributed by atoms with Crippen molar-refractivity contribution in [3.05, 3.63) is 11.1 Å². The molecule has 2 heteroatoms. The number of hydrogen-bond acceptors (Lipinski definition) is 0. The molecular weight excluding hydrogens is 134 g/mol. The fraction of sp³-hybridized carbons (Fsp3) is 0.750. The molecule has 0 aromatic rings. The molecule has 0 nitrogen and oxygen atoms in total. The number of hydrogen-bond donors (Lipinski definition) is 0. The van der Waals surface area contributed by atoms with Crippen molar-refractivity contribution < 1.29 is 8.78 Å². The van der Waals surface area contributed by atoms with Crippen molar-refractivity contribution in [2.75, 3.05) is 0 Å². The van der Waals surface area contributed by atoms with Gasteiger partial charge in [-0.3, -0.25) is 0 Å². The van der Waals surface area contributed by atoms with E-state index in [9.17, 15) is 8.78 Å². The fourth-order valence-corrected chi connectivity index (χ4v) is 0.640. The first-order valence-electron chi connectivity index (χ1n) is 3.44. The maximum Gasteiger partial charge on any atom is 0.266 e. The molecule has 0 radical (unpaired) electrons. The zero-order chi connectivity index (χ0) is 8.36. The average molecular weight is 148 g/mol. The number of allylic oxidation sites excluding steroid dienone is 2. The van der Waals surface area contributed by atoms with E-state index >= 15 is 0 Å². The minimum absolute atomic E-state index is 0.204. The van der Waals surface area contributed by atoms with Crippen molar-refractivity contribution >= 4 is 0 Å². The van der Waals surface area contributed by atoms with Crippen molar-refractivity contribution in [2.24, 2.45) is 0 Å². The molecule has 0 aliphatic rings. The van der Waals surface area contributed by atoms with Gasteiger partial charge in [0.1, 0.15) is 0 Å². The van der Waals surface area contributed by atoms with E-state index < -0.39 is 5.92 Å². The molecule has 60 valence electrons. The summed E-state index contributed by atoms with van der Waals surface area (Å²) in [4.78, 5) is 0. The van der Waals surface area contributed by atoms with Crippen LogP contribution in [0.3, 0.4) is 0 Å². The Balaban J connectivity index is 4.47. The maximum atomic E-state index is 12.5. The monoisotopic (exact) mass is 148 g/mol. The van der Waals surface area contributed by atoms with Gasteiger partial charge in [-0.2, -0.15) is 0 Å². The Kier molecular flexibility index (Phi) is 3.00. The van der Waals surface area contributed by atoms with Crippen LogP contribution in [0.5, 0.6) is 0 Å². The Labute approximate surface area is 60.9 Å². The fourth-order valence-electron chi connectivity index (χ4n) is 0.640. The normalized spacial score (nSPS) is 15.0. The molecule has 0 rings (SSSR count). The molecule has 0 atom stereocenters. The highest BCUT2D eigenvalue weighted by Gasteiger charge is 2.24. The summed E-state index contributed by atoms with van der Waals surface area (Å²) in [6, 6.07) is 0. The molecule has 0 aromatic carbocycles. The van der Waals surface area contributed by atoms with E-state index in [0.29, 0.717) is 6.42 Å². The summed E-state index contributed by atoms with van der Waals surface area (Å²) in [6.45, 7) is 6.04. The zero-order valence-corrected chi connectivity index (χ0v) is 6.96. The first-order chi connectivity index (χ1) is 4.39. The van der Waals surface area contributed by atoms with Gasteiger partial charge in [-0.05, 0) is 25.8 Å². The van der Waals surface area contributed by atoms with Gasteiger partial charge in [-0.25, -0.2) is 8.78 Å². The van der Waals surface area contributed by atoms with E-state index in [2.05, 4.69) is 0 Å². The van der Waals surface area contributed by atoms with Gasteiger partial charge in [0.15, 0.2) is 0 Å². The Morgan fingerprint density at radius 3 is 1.80 bits per heavy atom. The molecule has 0 fully saturated rings. The Bertz CT molecular complexity index is 140. The van der Waals surface area contributed by atoms with Crippen LogP contribution in [0.1, 0.15) is 34.1 Å². The van der Waals surface area contributed by atoms with Crippen molar-refractivity contribution in [3.8, 4) is 0 Å². The van der Waals surface area contributed by atoms with Crippen molar-refractivity contribution in [3.63, 3.8) is 0 Å². The van der Waals surface area contributed by atoms with Crippen LogP contribution >= 0.6 is 0 Å². The predicted octanol–water partition coefficient (Wildman–Crippen LogP) is 3.39. The third-order valence-corrected chi connectivity index (χ3v) is 1.83. The topological polar surface area (TPSA) is 0 Å². The van der Waals surface area contributed by atoms with Gasteiger partial charge in [0.25, 0.3) is 5.92 Å². The second-order valence-corrected chi connectivity index (χ2v) is 2.65. The van der Waals surface area contributed by atoms with Gasteiger partial charge in [-0.15, -0.1) is 0 Å². The van der Waals surface area contributed by atoms with Gasteiger partial charge in [0, 0.05) is 6.92 Å². The van der Waals surface area contributed by atoms with E-state index in [1.807, 2.05) is 6.92 Å². The van der Waals surface area contributed by atoms with E-state index in [0.717, 1.165) is 12.5 Å². The summed E-state index contributed by atoms with van der Waals surface area (Å²) >= 11 is 0. The van der Waals surface area contributed by atoms with Crippen molar-refractivity contribution in [1.82, 2.24) is 0 Å². The largest absolute Gasteiger partial charge is 0.266 e.